The van der Waals surface area contributed by atoms with Gasteiger partial charge in [-0.05, 0) is 32.2 Å². The van der Waals surface area contributed by atoms with E-state index in [1.165, 1.54) is 12.1 Å². The van der Waals surface area contributed by atoms with Crippen LogP contribution in [-0.2, 0) is 0 Å². The Morgan fingerprint density at radius 3 is 2.86 bits per heavy atom. The molecule has 1 atom stereocenters. The first kappa shape index (κ1) is 15.5. The highest BCUT2D eigenvalue weighted by atomic mass is 19.1. The zero-order valence-corrected chi connectivity index (χ0v) is 12.3. The number of amides is 1. The molecule has 0 spiro atoms. The molecule has 1 aromatic carbocycles. The number of benzene rings is 1. The fourth-order valence-electron chi connectivity index (χ4n) is 2.30. The predicted octanol–water partition coefficient (Wildman–Crippen LogP) is 0.946. The fraction of sp³-hybridized carbons (Fsp3) is 0.438. The Kier molecular flexibility index (Phi) is 4.94. The molecular formula is C16H19FN2O2. The highest BCUT2D eigenvalue weighted by Crippen LogP contribution is 2.15. The van der Waals surface area contributed by atoms with Crippen molar-refractivity contribution in [1.29, 1.82) is 0 Å². The van der Waals surface area contributed by atoms with E-state index in [4.69, 9.17) is 5.11 Å². The second-order valence-corrected chi connectivity index (χ2v) is 5.24. The van der Waals surface area contributed by atoms with Gasteiger partial charge in [-0.3, -0.25) is 4.79 Å². The Hall–Kier alpha value is -1.90. The Morgan fingerprint density at radius 2 is 2.24 bits per heavy atom. The summed E-state index contributed by atoms with van der Waals surface area (Å²) >= 11 is 0. The molecule has 21 heavy (non-hydrogen) atoms. The molecule has 1 aliphatic rings. The highest BCUT2D eigenvalue weighted by Gasteiger charge is 2.25. The van der Waals surface area contributed by atoms with Crippen LogP contribution in [-0.4, -0.2) is 60.1 Å². The van der Waals surface area contributed by atoms with Crippen LogP contribution in [0.1, 0.15) is 22.8 Å². The molecule has 1 aliphatic heterocycles. The number of aliphatic hydroxyl groups is 1. The van der Waals surface area contributed by atoms with E-state index >= 15 is 0 Å². The van der Waals surface area contributed by atoms with Gasteiger partial charge in [-0.25, -0.2) is 4.39 Å². The average molecular weight is 290 g/mol. The standard InChI is InChI=1S/C16H19FN2O2/c1-12-11-19(8-7-18(12)2)16(21)14-6-5-13(4-3-9-20)15(17)10-14/h5-6,10,12,20H,7-9,11H2,1-2H3. The summed E-state index contributed by atoms with van der Waals surface area (Å²) in [5.41, 5.74) is 0.520. The zero-order chi connectivity index (χ0) is 15.4. The third-order valence-electron chi connectivity index (χ3n) is 3.77. The number of piperazine rings is 1. The van der Waals surface area contributed by atoms with E-state index in [0.717, 1.165) is 6.54 Å². The summed E-state index contributed by atoms with van der Waals surface area (Å²) in [5.74, 6) is 4.21. The number of rotatable bonds is 1. The number of carbonyl (C=O) groups is 1. The van der Waals surface area contributed by atoms with E-state index < -0.39 is 5.82 Å². The van der Waals surface area contributed by atoms with E-state index in [-0.39, 0.29) is 18.1 Å². The number of aliphatic hydroxyl groups excluding tert-OH is 1. The van der Waals surface area contributed by atoms with Crippen molar-refractivity contribution in [2.24, 2.45) is 0 Å². The predicted molar refractivity (Wildman–Crippen MR) is 78.4 cm³/mol. The highest BCUT2D eigenvalue weighted by molar-refractivity contribution is 5.94. The maximum atomic E-state index is 13.9. The summed E-state index contributed by atoms with van der Waals surface area (Å²) in [6.45, 7) is 3.85. The lowest BCUT2D eigenvalue weighted by Crippen LogP contribution is -2.52. The Labute approximate surface area is 124 Å². The van der Waals surface area contributed by atoms with E-state index in [1.54, 1.807) is 11.0 Å². The van der Waals surface area contributed by atoms with Crippen LogP contribution < -0.4 is 0 Å². The Bertz CT molecular complexity index is 592. The maximum absolute atomic E-state index is 13.9. The molecule has 0 saturated carbocycles. The summed E-state index contributed by atoms with van der Waals surface area (Å²) in [6, 6.07) is 4.56. The number of carbonyl (C=O) groups excluding carboxylic acids is 1. The van der Waals surface area contributed by atoms with Crippen molar-refractivity contribution < 1.29 is 14.3 Å². The SMILES string of the molecule is CC1CN(C(=O)c2ccc(C#CCO)c(F)c2)CCN1C. The number of hydrogen-bond acceptors (Lipinski definition) is 3. The molecule has 112 valence electrons. The van der Waals surface area contributed by atoms with E-state index in [2.05, 4.69) is 23.7 Å². The lowest BCUT2D eigenvalue weighted by Gasteiger charge is -2.37. The molecular weight excluding hydrogens is 271 g/mol. The van der Waals surface area contributed by atoms with Gasteiger partial charge in [0.05, 0.1) is 5.56 Å². The lowest BCUT2D eigenvalue weighted by atomic mass is 10.1. The average Bonchev–Trinajstić information content (AvgIpc) is 2.48. The van der Waals surface area contributed by atoms with Gasteiger partial charge in [-0.2, -0.15) is 0 Å². The first-order valence-electron chi connectivity index (χ1n) is 6.91. The molecule has 5 heteroatoms. The van der Waals surface area contributed by atoms with Gasteiger partial charge in [0.1, 0.15) is 12.4 Å². The minimum Gasteiger partial charge on any atom is -0.384 e. The van der Waals surface area contributed by atoms with Gasteiger partial charge in [-0.1, -0.05) is 11.8 Å². The van der Waals surface area contributed by atoms with Crippen molar-refractivity contribution in [1.82, 2.24) is 9.80 Å². The maximum Gasteiger partial charge on any atom is 0.254 e. The minimum absolute atomic E-state index is 0.157. The molecule has 1 fully saturated rings. The van der Waals surface area contributed by atoms with Crippen molar-refractivity contribution in [2.45, 2.75) is 13.0 Å². The van der Waals surface area contributed by atoms with Crippen molar-refractivity contribution in [3.63, 3.8) is 0 Å². The van der Waals surface area contributed by atoms with Gasteiger partial charge in [0.2, 0.25) is 0 Å². The Balaban J connectivity index is 2.15. The largest absolute Gasteiger partial charge is 0.384 e. The van der Waals surface area contributed by atoms with Gasteiger partial charge >= 0.3 is 0 Å². The first-order valence-corrected chi connectivity index (χ1v) is 6.91. The molecule has 1 heterocycles. The number of hydrogen-bond donors (Lipinski definition) is 1. The molecule has 0 aliphatic carbocycles. The first-order chi connectivity index (χ1) is 10.0. The van der Waals surface area contributed by atoms with Crippen molar-refractivity contribution in [3.8, 4) is 11.8 Å². The van der Waals surface area contributed by atoms with Crippen molar-refractivity contribution >= 4 is 5.91 Å². The van der Waals surface area contributed by atoms with Crippen LogP contribution >= 0.6 is 0 Å². The summed E-state index contributed by atoms with van der Waals surface area (Å²) < 4.78 is 13.9. The third-order valence-corrected chi connectivity index (χ3v) is 3.77. The van der Waals surface area contributed by atoms with E-state index in [1.807, 2.05) is 7.05 Å². The Morgan fingerprint density at radius 1 is 1.48 bits per heavy atom. The normalized spacial score (nSPS) is 19.0. The minimum atomic E-state index is -0.538. The van der Waals surface area contributed by atoms with Crippen LogP contribution in [0.5, 0.6) is 0 Å². The quantitative estimate of drug-likeness (QED) is 0.783. The third kappa shape index (κ3) is 3.60. The van der Waals surface area contributed by atoms with Crippen LogP contribution in [0.25, 0.3) is 0 Å². The second kappa shape index (κ2) is 6.70. The van der Waals surface area contributed by atoms with Gasteiger partial charge in [-0.15, -0.1) is 0 Å². The number of nitrogens with zero attached hydrogens (tertiary/aromatic N) is 2. The zero-order valence-electron chi connectivity index (χ0n) is 12.3. The van der Waals surface area contributed by atoms with Gasteiger partial charge in [0.15, 0.2) is 0 Å². The molecule has 1 N–H and O–H groups in total. The number of halogens is 1. The molecule has 0 radical (unpaired) electrons. The molecule has 0 bridgehead atoms. The van der Waals surface area contributed by atoms with Gasteiger partial charge < -0.3 is 14.9 Å². The van der Waals surface area contributed by atoms with Crippen LogP contribution in [0.2, 0.25) is 0 Å². The monoisotopic (exact) mass is 290 g/mol. The smallest absolute Gasteiger partial charge is 0.254 e. The lowest BCUT2D eigenvalue weighted by molar-refractivity contribution is 0.0572. The fourth-order valence-corrected chi connectivity index (χ4v) is 2.30. The molecule has 1 aromatic rings. The van der Waals surface area contributed by atoms with Crippen LogP contribution in [0.3, 0.4) is 0 Å². The summed E-state index contributed by atoms with van der Waals surface area (Å²) in [4.78, 5) is 16.3. The molecule has 4 nitrogen and oxygen atoms in total. The number of likely N-dealkylation sites (N-methyl/N-ethyl adjacent to an activating group) is 1. The van der Waals surface area contributed by atoms with E-state index in [0.29, 0.717) is 24.7 Å². The van der Waals surface area contributed by atoms with Crippen molar-refractivity contribution in [2.75, 3.05) is 33.3 Å². The van der Waals surface area contributed by atoms with Gasteiger partial charge in [0.25, 0.3) is 5.91 Å². The van der Waals surface area contributed by atoms with Crippen LogP contribution in [0.4, 0.5) is 4.39 Å². The molecule has 1 unspecified atom stereocenters. The molecule has 1 saturated heterocycles. The van der Waals surface area contributed by atoms with Crippen molar-refractivity contribution in [3.05, 3.63) is 35.1 Å². The summed E-state index contributed by atoms with van der Waals surface area (Å²) in [6.07, 6.45) is 0. The second-order valence-electron chi connectivity index (χ2n) is 5.24. The molecule has 2 rings (SSSR count). The topological polar surface area (TPSA) is 43.8 Å². The van der Waals surface area contributed by atoms with Gasteiger partial charge in [0, 0.05) is 31.2 Å². The summed E-state index contributed by atoms with van der Waals surface area (Å²) in [7, 11) is 2.03. The van der Waals surface area contributed by atoms with Crippen LogP contribution in [0, 0.1) is 17.7 Å². The van der Waals surface area contributed by atoms with E-state index in [9.17, 15) is 9.18 Å². The molecule has 1 amide bonds. The summed E-state index contributed by atoms with van der Waals surface area (Å²) in [5, 5.41) is 8.62. The van der Waals surface area contributed by atoms with Crippen LogP contribution in [0.15, 0.2) is 18.2 Å². The molecule has 0 aromatic heterocycles.